The second-order valence-corrected chi connectivity index (χ2v) is 6.78. The highest BCUT2D eigenvalue weighted by atomic mass is 16.5. The third kappa shape index (κ3) is 4.38. The standard InChI is InChI=1S/C20H28N2O2/c1-24-19-10-8-17(9-11-19)16-21-12-5-13-22(15-14-21)20(23)18-6-3-2-4-7-18/h2-3,8-11,18H,4-7,12-16H2,1H3. The molecular weight excluding hydrogens is 300 g/mol. The Morgan fingerprint density at radius 3 is 2.67 bits per heavy atom. The predicted molar refractivity (Wildman–Crippen MR) is 95.9 cm³/mol. The van der Waals surface area contributed by atoms with Crippen molar-refractivity contribution in [2.75, 3.05) is 33.3 Å². The van der Waals surface area contributed by atoms with Crippen LogP contribution in [0.25, 0.3) is 0 Å². The highest BCUT2D eigenvalue weighted by Gasteiger charge is 2.26. The number of ether oxygens (including phenoxy) is 1. The number of hydrogen-bond donors (Lipinski definition) is 0. The van der Waals surface area contributed by atoms with E-state index in [0.29, 0.717) is 5.91 Å². The lowest BCUT2D eigenvalue weighted by molar-refractivity contribution is -0.135. The molecule has 1 heterocycles. The maximum atomic E-state index is 12.7. The third-order valence-electron chi connectivity index (χ3n) is 5.08. The summed E-state index contributed by atoms with van der Waals surface area (Å²) >= 11 is 0. The smallest absolute Gasteiger partial charge is 0.226 e. The lowest BCUT2D eigenvalue weighted by Crippen LogP contribution is -2.39. The van der Waals surface area contributed by atoms with Crippen molar-refractivity contribution in [1.29, 1.82) is 0 Å². The molecule has 1 aromatic carbocycles. The van der Waals surface area contributed by atoms with Gasteiger partial charge < -0.3 is 9.64 Å². The fourth-order valence-electron chi connectivity index (χ4n) is 3.61. The number of carbonyl (C=O) groups is 1. The second-order valence-electron chi connectivity index (χ2n) is 6.78. The van der Waals surface area contributed by atoms with Crippen LogP contribution in [0.5, 0.6) is 5.75 Å². The lowest BCUT2D eigenvalue weighted by Gasteiger charge is -2.27. The van der Waals surface area contributed by atoms with Crippen LogP contribution >= 0.6 is 0 Å². The molecule has 0 spiro atoms. The first-order valence-electron chi connectivity index (χ1n) is 9.05. The Morgan fingerprint density at radius 2 is 1.96 bits per heavy atom. The molecule has 1 amide bonds. The van der Waals surface area contributed by atoms with Gasteiger partial charge in [-0.25, -0.2) is 0 Å². The Bertz CT molecular complexity index is 568. The fraction of sp³-hybridized carbons (Fsp3) is 0.550. The number of hydrogen-bond acceptors (Lipinski definition) is 3. The minimum Gasteiger partial charge on any atom is -0.497 e. The Labute approximate surface area is 145 Å². The molecule has 1 atom stereocenters. The van der Waals surface area contributed by atoms with Gasteiger partial charge in [-0.3, -0.25) is 9.69 Å². The van der Waals surface area contributed by atoms with Crippen LogP contribution in [0, 0.1) is 5.92 Å². The van der Waals surface area contributed by atoms with Crippen LogP contribution in [-0.2, 0) is 11.3 Å². The van der Waals surface area contributed by atoms with Crippen LogP contribution in [0.2, 0.25) is 0 Å². The van der Waals surface area contributed by atoms with Crippen molar-refractivity contribution in [3.8, 4) is 5.75 Å². The first-order valence-corrected chi connectivity index (χ1v) is 9.05. The van der Waals surface area contributed by atoms with E-state index in [1.54, 1.807) is 7.11 Å². The largest absolute Gasteiger partial charge is 0.497 e. The topological polar surface area (TPSA) is 32.8 Å². The molecule has 3 rings (SSSR count). The minimum absolute atomic E-state index is 0.211. The van der Waals surface area contributed by atoms with Gasteiger partial charge in [0.1, 0.15) is 5.75 Å². The molecule has 0 radical (unpaired) electrons. The zero-order valence-electron chi connectivity index (χ0n) is 14.6. The van der Waals surface area contributed by atoms with Crippen molar-refractivity contribution in [2.45, 2.75) is 32.2 Å². The van der Waals surface area contributed by atoms with Gasteiger partial charge in [0.15, 0.2) is 0 Å². The highest BCUT2D eigenvalue weighted by molar-refractivity contribution is 5.79. The quantitative estimate of drug-likeness (QED) is 0.796. The summed E-state index contributed by atoms with van der Waals surface area (Å²) in [6.07, 6.45) is 8.41. The molecule has 2 aliphatic rings. The first-order chi connectivity index (χ1) is 11.8. The monoisotopic (exact) mass is 328 g/mol. The van der Waals surface area contributed by atoms with E-state index in [0.717, 1.165) is 64.2 Å². The van der Waals surface area contributed by atoms with E-state index < -0.39 is 0 Å². The highest BCUT2D eigenvalue weighted by Crippen LogP contribution is 2.21. The number of rotatable bonds is 4. The van der Waals surface area contributed by atoms with Gasteiger partial charge in [0, 0.05) is 38.6 Å². The van der Waals surface area contributed by atoms with Gasteiger partial charge in [0.2, 0.25) is 5.91 Å². The molecule has 1 aliphatic carbocycles. The molecule has 130 valence electrons. The van der Waals surface area contributed by atoms with E-state index >= 15 is 0 Å². The van der Waals surface area contributed by atoms with Gasteiger partial charge in [-0.15, -0.1) is 0 Å². The van der Waals surface area contributed by atoms with Gasteiger partial charge in [-0.2, -0.15) is 0 Å². The third-order valence-corrected chi connectivity index (χ3v) is 5.08. The molecule has 1 unspecified atom stereocenters. The summed E-state index contributed by atoms with van der Waals surface area (Å²) in [6, 6.07) is 8.28. The number of benzene rings is 1. The Balaban J connectivity index is 1.52. The van der Waals surface area contributed by atoms with Gasteiger partial charge >= 0.3 is 0 Å². The summed E-state index contributed by atoms with van der Waals surface area (Å²) in [5.74, 6) is 1.47. The van der Waals surface area contributed by atoms with Gasteiger partial charge in [0.25, 0.3) is 0 Å². The molecule has 1 aromatic rings. The van der Waals surface area contributed by atoms with E-state index in [1.165, 1.54) is 5.56 Å². The van der Waals surface area contributed by atoms with Crippen LogP contribution in [0.15, 0.2) is 36.4 Å². The molecule has 0 aromatic heterocycles. The van der Waals surface area contributed by atoms with Crippen molar-refractivity contribution >= 4 is 5.91 Å². The second kappa shape index (κ2) is 8.34. The van der Waals surface area contributed by atoms with Gasteiger partial charge in [0.05, 0.1) is 7.11 Å². The van der Waals surface area contributed by atoms with E-state index in [9.17, 15) is 4.79 Å². The average Bonchev–Trinajstić information content (AvgIpc) is 2.88. The number of allylic oxidation sites excluding steroid dienone is 2. The molecule has 1 fully saturated rings. The van der Waals surface area contributed by atoms with Crippen molar-refractivity contribution in [3.05, 3.63) is 42.0 Å². The zero-order chi connectivity index (χ0) is 16.8. The summed E-state index contributed by atoms with van der Waals surface area (Å²) < 4.78 is 5.21. The van der Waals surface area contributed by atoms with E-state index in [2.05, 4.69) is 34.1 Å². The number of amides is 1. The summed E-state index contributed by atoms with van der Waals surface area (Å²) in [7, 11) is 1.69. The maximum absolute atomic E-state index is 12.7. The molecule has 4 nitrogen and oxygen atoms in total. The Morgan fingerprint density at radius 1 is 1.12 bits per heavy atom. The SMILES string of the molecule is COc1ccc(CN2CCCN(C(=O)C3CC=CCC3)CC2)cc1. The number of methoxy groups -OCH3 is 1. The Hall–Kier alpha value is -1.81. The van der Waals surface area contributed by atoms with E-state index in [-0.39, 0.29) is 5.92 Å². The van der Waals surface area contributed by atoms with Gasteiger partial charge in [-0.05, 0) is 43.4 Å². The van der Waals surface area contributed by atoms with Crippen LogP contribution in [0.3, 0.4) is 0 Å². The Kier molecular flexibility index (Phi) is 5.91. The number of nitrogens with zero attached hydrogens (tertiary/aromatic N) is 2. The summed E-state index contributed by atoms with van der Waals surface area (Å²) in [6.45, 7) is 4.71. The molecule has 0 N–H and O–H groups in total. The van der Waals surface area contributed by atoms with Crippen molar-refractivity contribution in [2.24, 2.45) is 5.92 Å². The molecule has 0 bridgehead atoms. The maximum Gasteiger partial charge on any atom is 0.226 e. The van der Waals surface area contributed by atoms with Crippen molar-refractivity contribution < 1.29 is 9.53 Å². The lowest BCUT2D eigenvalue weighted by atomic mass is 9.93. The van der Waals surface area contributed by atoms with E-state index in [4.69, 9.17) is 4.74 Å². The molecule has 24 heavy (non-hydrogen) atoms. The van der Waals surface area contributed by atoms with Crippen LogP contribution in [-0.4, -0.2) is 49.0 Å². The molecular formula is C20H28N2O2. The van der Waals surface area contributed by atoms with Crippen LogP contribution in [0.4, 0.5) is 0 Å². The van der Waals surface area contributed by atoms with Crippen LogP contribution < -0.4 is 4.74 Å². The fourth-order valence-corrected chi connectivity index (χ4v) is 3.61. The summed E-state index contributed by atoms with van der Waals surface area (Å²) in [5, 5.41) is 0. The first kappa shape index (κ1) is 17.0. The minimum atomic E-state index is 0.211. The molecule has 0 saturated carbocycles. The van der Waals surface area contributed by atoms with Crippen LogP contribution in [0.1, 0.15) is 31.2 Å². The van der Waals surface area contributed by atoms with Crippen molar-refractivity contribution in [1.82, 2.24) is 9.80 Å². The summed E-state index contributed by atoms with van der Waals surface area (Å²) in [5.41, 5.74) is 1.30. The predicted octanol–water partition coefficient (Wildman–Crippen LogP) is 3.09. The molecule has 1 saturated heterocycles. The zero-order valence-corrected chi connectivity index (χ0v) is 14.6. The summed E-state index contributed by atoms with van der Waals surface area (Å²) in [4.78, 5) is 17.3. The average molecular weight is 328 g/mol. The molecule has 4 heteroatoms. The number of carbonyl (C=O) groups excluding carboxylic acids is 1. The van der Waals surface area contributed by atoms with Crippen molar-refractivity contribution in [3.63, 3.8) is 0 Å². The van der Waals surface area contributed by atoms with E-state index in [1.807, 2.05) is 12.1 Å². The van der Waals surface area contributed by atoms with Gasteiger partial charge in [-0.1, -0.05) is 24.3 Å². The molecule has 1 aliphatic heterocycles. The normalized spacial score (nSPS) is 22.2.